The second-order valence-electron chi connectivity index (χ2n) is 6.49. The third-order valence-electron chi connectivity index (χ3n) is 4.50. The van der Waals surface area contributed by atoms with Gasteiger partial charge in [-0.05, 0) is 32.8 Å². The van der Waals surface area contributed by atoms with Crippen LogP contribution in [0.4, 0.5) is 24.8 Å². The minimum absolute atomic E-state index is 0.0159. The highest BCUT2D eigenvalue weighted by atomic mass is 19.4. The van der Waals surface area contributed by atoms with Gasteiger partial charge in [-0.2, -0.15) is 18.2 Å². The lowest BCUT2D eigenvalue weighted by Crippen LogP contribution is -2.23. The van der Waals surface area contributed by atoms with Gasteiger partial charge in [-0.1, -0.05) is 0 Å². The van der Waals surface area contributed by atoms with Crippen LogP contribution in [0.15, 0.2) is 18.6 Å². The molecule has 3 heterocycles. The molecule has 1 aliphatic carbocycles. The summed E-state index contributed by atoms with van der Waals surface area (Å²) in [6.45, 7) is 5.48. The van der Waals surface area contributed by atoms with Crippen molar-refractivity contribution in [2.24, 2.45) is 0 Å². The van der Waals surface area contributed by atoms with Crippen molar-refractivity contribution in [3.8, 4) is 5.95 Å². The van der Waals surface area contributed by atoms with Crippen molar-refractivity contribution in [3.05, 3.63) is 24.4 Å². The normalized spacial score (nSPS) is 14.5. The van der Waals surface area contributed by atoms with Crippen molar-refractivity contribution in [3.63, 3.8) is 0 Å². The minimum Gasteiger partial charge on any atom is -0.365 e. The Labute approximate surface area is 158 Å². The number of anilines is 2. The molecule has 8 nitrogen and oxygen atoms in total. The molecule has 1 fully saturated rings. The number of rotatable bonds is 6. The summed E-state index contributed by atoms with van der Waals surface area (Å²) in [5.41, 5.74) is 0.277. The summed E-state index contributed by atoms with van der Waals surface area (Å²) in [6.07, 6.45) is 0.0499. The summed E-state index contributed by atoms with van der Waals surface area (Å²) in [7, 11) is 0. The SMILES string of the molecule is CCN(CC)c1ccnc(-n2cnc3c(NC4CC4)nc(C(F)(F)F)nc32)n1. The molecule has 3 aromatic heterocycles. The van der Waals surface area contributed by atoms with E-state index in [1.807, 2.05) is 18.7 Å². The molecule has 0 radical (unpaired) electrons. The van der Waals surface area contributed by atoms with Crippen molar-refractivity contribution >= 4 is 22.8 Å². The molecule has 0 amide bonds. The summed E-state index contributed by atoms with van der Waals surface area (Å²) in [5.74, 6) is -0.252. The Kier molecular flexibility index (Phi) is 4.52. The monoisotopic (exact) mass is 392 g/mol. The van der Waals surface area contributed by atoms with Gasteiger partial charge in [0.15, 0.2) is 17.0 Å². The molecule has 28 heavy (non-hydrogen) atoms. The van der Waals surface area contributed by atoms with Crippen LogP contribution in [-0.2, 0) is 6.18 Å². The Morgan fingerprint density at radius 1 is 1.14 bits per heavy atom. The van der Waals surface area contributed by atoms with Crippen molar-refractivity contribution < 1.29 is 13.2 Å². The van der Waals surface area contributed by atoms with E-state index in [2.05, 4.69) is 30.2 Å². The maximum Gasteiger partial charge on any atom is 0.451 e. The van der Waals surface area contributed by atoms with E-state index in [0.29, 0.717) is 5.82 Å². The van der Waals surface area contributed by atoms with Gasteiger partial charge >= 0.3 is 6.18 Å². The van der Waals surface area contributed by atoms with Crippen LogP contribution in [0.3, 0.4) is 0 Å². The third kappa shape index (κ3) is 3.43. The summed E-state index contributed by atoms with van der Waals surface area (Å²) in [6, 6.07) is 1.87. The van der Waals surface area contributed by atoms with Gasteiger partial charge in [0, 0.05) is 25.3 Å². The topological polar surface area (TPSA) is 84.7 Å². The average Bonchev–Trinajstić information content (AvgIpc) is 3.37. The largest absolute Gasteiger partial charge is 0.451 e. The summed E-state index contributed by atoms with van der Waals surface area (Å²) in [5, 5.41) is 3.01. The minimum atomic E-state index is -4.67. The van der Waals surface area contributed by atoms with Gasteiger partial charge in [0.25, 0.3) is 0 Å². The van der Waals surface area contributed by atoms with Crippen LogP contribution in [-0.4, -0.2) is 48.6 Å². The number of nitrogens with zero attached hydrogens (tertiary/aromatic N) is 7. The van der Waals surface area contributed by atoms with Crippen LogP contribution in [0.5, 0.6) is 0 Å². The van der Waals surface area contributed by atoms with Gasteiger partial charge in [0.1, 0.15) is 12.1 Å². The van der Waals surface area contributed by atoms with Crippen molar-refractivity contribution in [2.75, 3.05) is 23.3 Å². The van der Waals surface area contributed by atoms with Crippen LogP contribution >= 0.6 is 0 Å². The lowest BCUT2D eigenvalue weighted by atomic mass is 10.4. The fraction of sp³-hybridized carbons (Fsp3) is 0.471. The van der Waals surface area contributed by atoms with Crippen LogP contribution in [0, 0.1) is 0 Å². The molecule has 4 rings (SSSR count). The second kappa shape index (κ2) is 6.88. The summed E-state index contributed by atoms with van der Waals surface area (Å²) in [4.78, 5) is 22.3. The standard InChI is InChI=1S/C17H19F3N8/c1-3-27(4-2)11-7-8-21-16(24-11)28-9-22-12-13(23-10-5-6-10)25-15(17(18,19)20)26-14(12)28/h7-10H,3-6H2,1-2H3,(H,23,25,26). The van der Waals surface area contributed by atoms with Crippen molar-refractivity contribution in [1.29, 1.82) is 0 Å². The number of imidazole rings is 1. The molecule has 11 heteroatoms. The van der Waals surface area contributed by atoms with E-state index in [1.165, 1.54) is 10.9 Å². The number of fused-ring (bicyclic) bond motifs is 1. The molecule has 0 aliphatic heterocycles. The molecule has 1 N–H and O–H groups in total. The van der Waals surface area contributed by atoms with Crippen molar-refractivity contribution in [1.82, 2.24) is 29.5 Å². The Morgan fingerprint density at radius 3 is 2.54 bits per heavy atom. The predicted octanol–water partition coefficient (Wildman–Crippen LogP) is 3.04. The molecule has 0 saturated heterocycles. The third-order valence-corrected chi connectivity index (χ3v) is 4.50. The molecular weight excluding hydrogens is 373 g/mol. The van der Waals surface area contributed by atoms with Crippen LogP contribution in [0.2, 0.25) is 0 Å². The zero-order valence-corrected chi connectivity index (χ0v) is 15.4. The zero-order chi connectivity index (χ0) is 19.9. The first-order valence-electron chi connectivity index (χ1n) is 9.08. The lowest BCUT2D eigenvalue weighted by molar-refractivity contribution is -0.144. The van der Waals surface area contributed by atoms with E-state index >= 15 is 0 Å². The van der Waals surface area contributed by atoms with Gasteiger partial charge < -0.3 is 10.2 Å². The van der Waals surface area contributed by atoms with Crippen molar-refractivity contribution in [2.45, 2.75) is 38.9 Å². The summed E-state index contributed by atoms with van der Waals surface area (Å²) >= 11 is 0. The van der Waals surface area contributed by atoms with Gasteiger partial charge in [0.05, 0.1) is 0 Å². The number of alkyl halides is 3. The van der Waals surface area contributed by atoms with Gasteiger partial charge in [-0.3, -0.25) is 4.57 Å². The lowest BCUT2D eigenvalue weighted by Gasteiger charge is -2.19. The number of hydrogen-bond acceptors (Lipinski definition) is 7. The molecule has 0 bridgehead atoms. The molecule has 3 aromatic rings. The first kappa shape index (κ1) is 18.4. The van der Waals surface area contributed by atoms with Gasteiger partial charge in [0.2, 0.25) is 11.8 Å². The quantitative estimate of drug-likeness (QED) is 0.690. The Bertz CT molecular complexity index is 992. The molecule has 0 spiro atoms. The van der Waals surface area contributed by atoms with E-state index in [0.717, 1.165) is 25.9 Å². The maximum atomic E-state index is 13.3. The molecule has 0 atom stereocenters. The van der Waals surface area contributed by atoms with Gasteiger partial charge in [-0.25, -0.2) is 19.9 Å². The highest BCUT2D eigenvalue weighted by molar-refractivity contribution is 5.84. The molecule has 1 saturated carbocycles. The number of nitrogens with one attached hydrogen (secondary N) is 1. The average molecular weight is 392 g/mol. The van der Waals surface area contributed by atoms with E-state index in [4.69, 9.17) is 0 Å². The Hall–Kier alpha value is -2.98. The van der Waals surface area contributed by atoms with E-state index in [9.17, 15) is 13.2 Å². The molecule has 0 aromatic carbocycles. The highest BCUT2D eigenvalue weighted by Crippen LogP contribution is 2.32. The fourth-order valence-corrected chi connectivity index (χ4v) is 2.87. The van der Waals surface area contributed by atoms with Crippen LogP contribution in [0.25, 0.3) is 17.1 Å². The fourth-order valence-electron chi connectivity index (χ4n) is 2.87. The maximum absolute atomic E-state index is 13.3. The zero-order valence-electron chi connectivity index (χ0n) is 15.4. The van der Waals surface area contributed by atoms with E-state index in [1.54, 1.807) is 12.3 Å². The molecule has 148 valence electrons. The Morgan fingerprint density at radius 2 is 1.89 bits per heavy atom. The molecule has 1 aliphatic rings. The number of hydrogen-bond donors (Lipinski definition) is 1. The van der Waals surface area contributed by atoms with E-state index in [-0.39, 0.29) is 29.0 Å². The van der Waals surface area contributed by atoms with Crippen LogP contribution in [0.1, 0.15) is 32.5 Å². The first-order chi connectivity index (χ1) is 13.4. The van der Waals surface area contributed by atoms with E-state index < -0.39 is 12.0 Å². The van der Waals surface area contributed by atoms with Gasteiger partial charge in [-0.15, -0.1) is 0 Å². The van der Waals surface area contributed by atoms with Crippen LogP contribution < -0.4 is 10.2 Å². The smallest absolute Gasteiger partial charge is 0.365 e. The number of aromatic nitrogens is 6. The first-order valence-corrected chi connectivity index (χ1v) is 9.08. The highest BCUT2D eigenvalue weighted by Gasteiger charge is 2.37. The molecule has 0 unspecified atom stereocenters. The Balaban J connectivity index is 1.85. The summed E-state index contributed by atoms with van der Waals surface area (Å²) < 4.78 is 41.3. The predicted molar refractivity (Wildman–Crippen MR) is 97.5 cm³/mol. The number of halogens is 3. The second-order valence-corrected chi connectivity index (χ2v) is 6.49. The molecular formula is C17H19F3N8.